The number of aromatic nitrogens is 3. The largest absolute Gasteiger partial charge is 0.325 e. The Kier molecular flexibility index (Phi) is 6.64. The fraction of sp³-hybridized carbons (Fsp3) is 0.286. The van der Waals surface area contributed by atoms with Crippen LogP contribution in [0.1, 0.15) is 32.3 Å². The molecule has 152 valence electrons. The van der Waals surface area contributed by atoms with Crippen molar-refractivity contribution in [1.82, 2.24) is 14.8 Å². The normalized spacial score (nSPS) is 11.1. The molecule has 0 radical (unpaired) electrons. The molecule has 1 amide bonds. The maximum Gasteiger partial charge on any atom is 0.234 e. The first-order chi connectivity index (χ1) is 13.9. The number of amides is 1. The first-order valence-corrected chi connectivity index (χ1v) is 10.3. The van der Waals surface area contributed by atoms with Gasteiger partial charge in [-0.15, -0.1) is 10.2 Å². The van der Waals surface area contributed by atoms with Crippen LogP contribution in [0.5, 0.6) is 0 Å². The van der Waals surface area contributed by atoms with Crippen molar-refractivity contribution in [1.29, 1.82) is 0 Å². The van der Waals surface area contributed by atoms with Crippen molar-refractivity contribution in [3.8, 4) is 11.4 Å². The molecule has 5 nitrogen and oxygen atoms in total. The van der Waals surface area contributed by atoms with Gasteiger partial charge in [-0.2, -0.15) is 0 Å². The molecule has 2 aromatic carbocycles. The van der Waals surface area contributed by atoms with Gasteiger partial charge in [0, 0.05) is 18.3 Å². The molecule has 0 spiro atoms. The number of benzene rings is 2. The van der Waals surface area contributed by atoms with Crippen molar-refractivity contribution in [2.45, 2.75) is 38.4 Å². The smallest absolute Gasteiger partial charge is 0.234 e. The molecule has 0 fully saturated rings. The fourth-order valence-electron chi connectivity index (χ4n) is 2.83. The van der Waals surface area contributed by atoms with E-state index in [4.69, 9.17) is 0 Å². The molecule has 1 heterocycles. The van der Waals surface area contributed by atoms with Crippen LogP contribution < -0.4 is 5.32 Å². The Morgan fingerprint density at radius 1 is 1.14 bits per heavy atom. The summed E-state index contributed by atoms with van der Waals surface area (Å²) in [5.74, 6) is -0.663. The van der Waals surface area contributed by atoms with Gasteiger partial charge in [-0.1, -0.05) is 37.7 Å². The van der Waals surface area contributed by atoms with Crippen molar-refractivity contribution in [3.63, 3.8) is 0 Å². The number of carbonyl (C=O) groups excluding carboxylic acids is 1. The third kappa shape index (κ3) is 5.00. The Labute approximate surface area is 172 Å². The lowest BCUT2D eigenvalue weighted by atomic mass is 10.0. The van der Waals surface area contributed by atoms with Gasteiger partial charge in [0.2, 0.25) is 5.91 Å². The molecule has 0 unspecified atom stereocenters. The summed E-state index contributed by atoms with van der Waals surface area (Å²) in [6.07, 6.45) is 0. The molecule has 1 aromatic heterocycles. The highest BCUT2D eigenvalue weighted by Crippen LogP contribution is 2.26. The maximum absolute atomic E-state index is 14.1. The summed E-state index contributed by atoms with van der Waals surface area (Å²) < 4.78 is 29.0. The Bertz CT molecular complexity index is 1000. The maximum atomic E-state index is 14.1. The summed E-state index contributed by atoms with van der Waals surface area (Å²) in [7, 11) is 0. The first-order valence-electron chi connectivity index (χ1n) is 9.30. The second-order valence-corrected chi connectivity index (χ2v) is 7.73. The van der Waals surface area contributed by atoms with E-state index in [1.807, 2.05) is 31.2 Å². The number of carbonyl (C=O) groups is 1. The number of rotatable bonds is 7. The van der Waals surface area contributed by atoms with Crippen molar-refractivity contribution < 1.29 is 13.6 Å². The van der Waals surface area contributed by atoms with Crippen molar-refractivity contribution in [3.05, 3.63) is 59.7 Å². The Morgan fingerprint density at radius 2 is 1.86 bits per heavy atom. The number of nitrogens with zero attached hydrogens (tertiary/aromatic N) is 3. The lowest BCUT2D eigenvalue weighted by Gasteiger charge is -2.09. The number of hydrogen-bond donors (Lipinski definition) is 1. The summed E-state index contributed by atoms with van der Waals surface area (Å²) in [5, 5.41) is 11.5. The zero-order valence-electron chi connectivity index (χ0n) is 16.4. The molecule has 3 aromatic rings. The number of thioether (sulfide) groups is 1. The zero-order chi connectivity index (χ0) is 21.0. The van der Waals surface area contributed by atoms with Crippen LogP contribution in [-0.2, 0) is 11.3 Å². The van der Waals surface area contributed by atoms with Crippen LogP contribution in [0, 0.1) is 11.6 Å². The third-order valence-corrected chi connectivity index (χ3v) is 5.37. The molecule has 0 saturated heterocycles. The minimum Gasteiger partial charge on any atom is -0.325 e. The minimum atomic E-state index is -0.703. The fourth-order valence-corrected chi connectivity index (χ4v) is 3.63. The summed E-state index contributed by atoms with van der Waals surface area (Å²) in [6, 6.07) is 11.1. The molecule has 1 N–H and O–H groups in total. The number of hydrogen-bond acceptors (Lipinski definition) is 4. The topological polar surface area (TPSA) is 59.8 Å². The highest BCUT2D eigenvalue weighted by Gasteiger charge is 2.17. The summed E-state index contributed by atoms with van der Waals surface area (Å²) in [6.45, 7) is 6.58. The van der Waals surface area contributed by atoms with Crippen LogP contribution in [0.15, 0.2) is 47.6 Å². The first kappa shape index (κ1) is 21.0. The van der Waals surface area contributed by atoms with E-state index in [1.165, 1.54) is 29.5 Å². The van der Waals surface area contributed by atoms with E-state index < -0.39 is 11.6 Å². The predicted molar refractivity (Wildman–Crippen MR) is 111 cm³/mol. The number of anilines is 1. The molecule has 0 saturated carbocycles. The highest BCUT2D eigenvalue weighted by molar-refractivity contribution is 7.99. The van der Waals surface area contributed by atoms with Crippen molar-refractivity contribution in [2.75, 3.05) is 11.1 Å². The Morgan fingerprint density at radius 3 is 2.48 bits per heavy atom. The molecular weight excluding hydrogens is 394 g/mol. The van der Waals surface area contributed by atoms with Crippen LogP contribution >= 0.6 is 11.8 Å². The predicted octanol–water partition coefficient (Wildman–Crippen LogP) is 5.10. The van der Waals surface area contributed by atoms with Gasteiger partial charge in [0.15, 0.2) is 11.0 Å². The van der Waals surface area contributed by atoms with Crippen LogP contribution in [-0.4, -0.2) is 26.4 Å². The van der Waals surface area contributed by atoms with Gasteiger partial charge in [-0.3, -0.25) is 4.79 Å². The van der Waals surface area contributed by atoms with Crippen LogP contribution in [0.4, 0.5) is 14.5 Å². The number of nitrogens with one attached hydrogen (secondary N) is 1. The van der Waals surface area contributed by atoms with E-state index in [1.54, 1.807) is 4.57 Å². The average Bonchev–Trinajstić information content (AvgIpc) is 3.09. The monoisotopic (exact) mass is 416 g/mol. The molecule has 29 heavy (non-hydrogen) atoms. The van der Waals surface area contributed by atoms with Gasteiger partial charge in [-0.05, 0) is 42.7 Å². The van der Waals surface area contributed by atoms with E-state index in [0.29, 0.717) is 23.4 Å². The lowest BCUT2D eigenvalue weighted by molar-refractivity contribution is -0.113. The van der Waals surface area contributed by atoms with Crippen molar-refractivity contribution in [2.24, 2.45) is 0 Å². The molecule has 0 atom stereocenters. The summed E-state index contributed by atoms with van der Waals surface area (Å²) in [5.41, 5.74) is 2.10. The van der Waals surface area contributed by atoms with E-state index in [2.05, 4.69) is 29.4 Å². The van der Waals surface area contributed by atoms with Crippen LogP contribution in [0.25, 0.3) is 11.4 Å². The van der Waals surface area contributed by atoms with Gasteiger partial charge >= 0.3 is 0 Å². The molecule has 0 aliphatic carbocycles. The molecule has 0 aliphatic heterocycles. The van der Waals surface area contributed by atoms with Gasteiger partial charge in [0.05, 0.1) is 11.3 Å². The Hall–Kier alpha value is -2.74. The highest BCUT2D eigenvalue weighted by atomic mass is 32.2. The standard InChI is InChI=1S/C21H22F2N4OS/c1-4-27-20(17-10-7-15(22)11-18(17)23)25-26-21(27)29-12-19(28)24-16-8-5-14(6-9-16)13(2)3/h5-11,13H,4,12H2,1-3H3,(H,24,28). The van der Waals surface area contributed by atoms with E-state index in [0.717, 1.165) is 11.8 Å². The molecule has 3 rings (SSSR count). The van der Waals surface area contributed by atoms with Crippen LogP contribution in [0.2, 0.25) is 0 Å². The average molecular weight is 416 g/mol. The van der Waals surface area contributed by atoms with Gasteiger partial charge in [0.25, 0.3) is 0 Å². The van der Waals surface area contributed by atoms with Gasteiger partial charge in [0.1, 0.15) is 11.6 Å². The van der Waals surface area contributed by atoms with E-state index in [-0.39, 0.29) is 17.2 Å². The molecular formula is C21H22F2N4OS. The SMILES string of the molecule is CCn1c(SCC(=O)Nc2ccc(C(C)C)cc2)nnc1-c1ccc(F)cc1F. The second-order valence-electron chi connectivity index (χ2n) is 6.79. The second kappa shape index (κ2) is 9.17. The third-order valence-electron chi connectivity index (χ3n) is 4.40. The molecule has 8 heteroatoms. The summed E-state index contributed by atoms with van der Waals surface area (Å²) >= 11 is 1.21. The minimum absolute atomic E-state index is 0.135. The molecule has 0 bridgehead atoms. The van der Waals surface area contributed by atoms with Crippen molar-refractivity contribution >= 4 is 23.4 Å². The molecule has 0 aliphatic rings. The van der Waals surface area contributed by atoms with E-state index >= 15 is 0 Å². The van der Waals surface area contributed by atoms with Gasteiger partial charge < -0.3 is 9.88 Å². The van der Waals surface area contributed by atoms with Crippen LogP contribution in [0.3, 0.4) is 0 Å². The summed E-state index contributed by atoms with van der Waals surface area (Å²) in [4.78, 5) is 12.3. The number of halogens is 2. The quantitative estimate of drug-likeness (QED) is 0.545. The van der Waals surface area contributed by atoms with Gasteiger partial charge in [-0.25, -0.2) is 8.78 Å². The van der Waals surface area contributed by atoms with E-state index in [9.17, 15) is 13.6 Å². The zero-order valence-corrected chi connectivity index (χ0v) is 17.3. The Balaban J connectivity index is 1.67. The lowest BCUT2D eigenvalue weighted by Crippen LogP contribution is -2.14.